The molecule has 1 aliphatic rings. The third-order valence-electron chi connectivity index (χ3n) is 31.1. The number of hydrogen-bond donors (Lipinski definition) is 0. The van der Waals surface area contributed by atoms with E-state index in [4.69, 9.17) is 22.1 Å². The lowest BCUT2D eigenvalue weighted by Gasteiger charge is -2.29. The Morgan fingerprint density at radius 2 is 0.520 bits per heavy atom. The van der Waals surface area contributed by atoms with Crippen molar-refractivity contribution in [3.05, 3.63) is 515 Å². The van der Waals surface area contributed by atoms with Gasteiger partial charge >= 0.3 is 0 Å². The minimum absolute atomic E-state index is 0.0989. The van der Waals surface area contributed by atoms with Crippen LogP contribution >= 0.6 is 11.3 Å². The highest BCUT2D eigenvalue weighted by molar-refractivity contribution is 7.26. The minimum Gasteiger partial charge on any atom is -0.456 e. The van der Waals surface area contributed by atoms with Gasteiger partial charge in [0.1, 0.15) is 55.8 Å². The van der Waals surface area contributed by atoms with Gasteiger partial charge in [-0.25, -0.2) is 0 Å². The second kappa shape index (κ2) is 34.4. The maximum absolute atomic E-state index is 6.42. The molecule has 9 heteroatoms. The second-order valence-electron chi connectivity index (χ2n) is 39.9. The van der Waals surface area contributed by atoms with E-state index in [0.717, 1.165) is 167 Å². The molecule has 0 aliphatic heterocycles. The van der Waals surface area contributed by atoms with Gasteiger partial charge in [-0.3, -0.25) is 0 Å². The van der Waals surface area contributed by atoms with Crippen LogP contribution in [0, 0.1) is 0 Å². The van der Waals surface area contributed by atoms with E-state index in [0.29, 0.717) is 0 Å². The molecule has 32 rings (SSSR count). The van der Waals surface area contributed by atoms with Gasteiger partial charge in [-0.15, -0.1) is 11.3 Å². The van der Waals surface area contributed by atoms with E-state index in [2.05, 4.69) is 490 Å². The molecule has 0 spiro atoms. The molecule has 0 unspecified atom stereocenters. The number of para-hydroxylation sites is 5. The molecular formula is C141H89N3O5S. The molecule has 1 aliphatic carbocycles. The molecule has 31 aromatic rings. The molecule has 0 saturated carbocycles. The summed E-state index contributed by atoms with van der Waals surface area (Å²) < 4.78 is 34.4. The fourth-order valence-corrected chi connectivity index (χ4v) is 25.2. The number of thiophene rings is 1. The summed E-state index contributed by atoms with van der Waals surface area (Å²) in [5, 5.41) is 28.3. The van der Waals surface area contributed by atoms with Gasteiger partial charge in [-0.05, 0) is 262 Å². The zero-order valence-electron chi connectivity index (χ0n) is 81.7. The first-order valence-electron chi connectivity index (χ1n) is 51.2. The summed E-state index contributed by atoms with van der Waals surface area (Å²) in [5.74, 6) is 0. The predicted molar refractivity (Wildman–Crippen MR) is 632 cm³/mol. The van der Waals surface area contributed by atoms with Gasteiger partial charge in [0.15, 0.2) is 0 Å². The Bertz CT molecular complexity index is 11000. The Balaban J connectivity index is 0.000000103. The van der Waals surface area contributed by atoms with Crippen LogP contribution in [-0.4, -0.2) is 0 Å². The molecule has 0 radical (unpaired) electrons. The molecule has 0 atom stereocenters. The quantitative estimate of drug-likeness (QED) is 0.112. The standard InChI is InChI=1S/C50H31NO2.C47H33NO.C44H25NO2S/c1-3-11-32(12-4-1)36-22-26-44(41(29-36)33-13-5-2-6-14-33)51(38-25-28-47-43(31-38)39-15-7-9-17-45(39)52-47)37-24-21-34-19-20-35-23-27-48-50(49(35)42(34)30-37)40-16-8-10-18-46(40)53-48;1-47(2)41-14-8-6-12-37(41)38-26-25-36(29-42(38)47)48(34-22-18-31(19-23-34)30-10-4-3-5-11-30)35-24-20-32-16-17-33-21-27-44-46(45(33)40(32)28-35)39-13-7-9-15-43(39)49-44;1-4-13-37-30(8-1)31-22-21-29(25-40(31)47-37)45(36-12-7-11-33-32-9-3-6-15-41(32)48-44(33)36)28-20-18-26-16-17-27-19-23-39-43(42(27)35(26)24-28)34-10-2-5-14-38(34)46-39/h1-31H;3-29H,1-2H3;1-25H. The second-order valence-corrected chi connectivity index (χ2v) is 41.0. The van der Waals surface area contributed by atoms with Crippen molar-refractivity contribution in [3.63, 3.8) is 0 Å². The van der Waals surface area contributed by atoms with Crippen molar-refractivity contribution in [2.75, 3.05) is 14.7 Å². The van der Waals surface area contributed by atoms with Crippen molar-refractivity contribution in [2.24, 2.45) is 0 Å². The Labute approximate surface area is 865 Å². The number of nitrogens with zero attached hydrogens (tertiary/aromatic N) is 3. The van der Waals surface area contributed by atoms with Gasteiger partial charge in [-0.1, -0.05) is 347 Å². The predicted octanol–water partition coefficient (Wildman–Crippen LogP) is 41.6. The van der Waals surface area contributed by atoms with Gasteiger partial charge in [0, 0.05) is 142 Å². The molecule has 0 saturated heterocycles. The fourth-order valence-electron chi connectivity index (χ4n) is 24.0. The molecule has 0 amide bonds. The third kappa shape index (κ3) is 14.0. The van der Waals surface area contributed by atoms with Crippen LogP contribution in [0.4, 0.5) is 51.2 Å². The lowest BCUT2D eigenvalue weighted by atomic mass is 9.82. The van der Waals surface area contributed by atoms with Crippen molar-refractivity contribution >= 4 is 257 Å². The van der Waals surface area contributed by atoms with Crippen molar-refractivity contribution in [1.82, 2.24) is 0 Å². The molecule has 150 heavy (non-hydrogen) atoms. The van der Waals surface area contributed by atoms with Crippen molar-refractivity contribution < 1.29 is 22.1 Å². The summed E-state index contributed by atoms with van der Waals surface area (Å²) in [5.41, 5.74) is 31.2. The van der Waals surface area contributed by atoms with Crippen LogP contribution in [0.25, 0.3) is 239 Å². The molecule has 6 aromatic heterocycles. The van der Waals surface area contributed by atoms with Crippen LogP contribution in [0.1, 0.15) is 25.0 Å². The van der Waals surface area contributed by atoms with Crippen LogP contribution in [0.15, 0.2) is 526 Å². The number of hydrogen-bond acceptors (Lipinski definition) is 9. The highest BCUT2D eigenvalue weighted by Gasteiger charge is 2.37. The Morgan fingerprint density at radius 1 is 0.173 bits per heavy atom. The van der Waals surface area contributed by atoms with Gasteiger partial charge in [0.05, 0.1) is 16.1 Å². The van der Waals surface area contributed by atoms with E-state index in [1.807, 2.05) is 53.8 Å². The van der Waals surface area contributed by atoms with E-state index >= 15 is 0 Å². The molecular weight excluding hydrogens is 1850 g/mol. The van der Waals surface area contributed by atoms with Crippen LogP contribution in [0.5, 0.6) is 0 Å². The van der Waals surface area contributed by atoms with E-state index in [9.17, 15) is 0 Å². The maximum atomic E-state index is 6.42. The number of benzene rings is 25. The Hall–Kier alpha value is -19.3. The summed E-state index contributed by atoms with van der Waals surface area (Å²) >= 11 is 1.85. The van der Waals surface area contributed by atoms with Crippen LogP contribution < -0.4 is 14.7 Å². The first-order valence-corrected chi connectivity index (χ1v) is 52.0. The first-order chi connectivity index (χ1) is 74.1. The van der Waals surface area contributed by atoms with E-state index in [1.54, 1.807) is 0 Å². The summed E-state index contributed by atoms with van der Waals surface area (Å²) in [4.78, 5) is 7.22. The zero-order valence-corrected chi connectivity index (χ0v) is 82.5. The van der Waals surface area contributed by atoms with Crippen molar-refractivity contribution in [1.29, 1.82) is 0 Å². The van der Waals surface area contributed by atoms with E-state index in [-0.39, 0.29) is 5.41 Å². The number of rotatable bonds is 12. The topological polar surface area (TPSA) is 75.4 Å². The first kappa shape index (κ1) is 86.2. The smallest absolute Gasteiger partial charge is 0.137 e. The molecule has 704 valence electrons. The zero-order chi connectivity index (χ0) is 98.9. The fraction of sp³-hybridized carbons (Fsp3) is 0.0213. The largest absolute Gasteiger partial charge is 0.456 e. The number of anilines is 9. The summed E-state index contributed by atoms with van der Waals surface area (Å²) in [7, 11) is 0. The number of fused-ring (bicyclic) bond motifs is 33. The molecule has 0 fully saturated rings. The Kier molecular flexibility index (Phi) is 19.8. The maximum Gasteiger partial charge on any atom is 0.137 e. The normalized spacial score (nSPS) is 12.4. The van der Waals surface area contributed by atoms with Crippen LogP contribution in [-0.2, 0) is 5.41 Å². The molecule has 0 N–H and O–H groups in total. The lowest BCUT2D eigenvalue weighted by Crippen LogP contribution is -2.16. The van der Waals surface area contributed by atoms with Crippen LogP contribution in [0.3, 0.4) is 0 Å². The van der Waals surface area contributed by atoms with Crippen LogP contribution in [0.2, 0.25) is 0 Å². The minimum atomic E-state index is -0.0989. The van der Waals surface area contributed by atoms with E-state index in [1.165, 1.54) is 135 Å². The van der Waals surface area contributed by atoms with Gasteiger partial charge in [0.2, 0.25) is 0 Å². The highest BCUT2D eigenvalue weighted by atomic mass is 32.1. The molecule has 6 heterocycles. The average Bonchev–Trinajstić information content (AvgIpc) is 1.54. The van der Waals surface area contributed by atoms with Gasteiger partial charge in [0.25, 0.3) is 0 Å². The average molecular weight is 1940 g/mol. The van der Waals surface area contributed by atoms with Crippen molar-refractivity contribution in [2.45, 2.75) is 19.3 Å². The van der Waals surface area contributed by atoms with Gasteiger partial charge < -0.3 is 36.8 Å². The molecule has 25 aromatic carbocycles. The monoisotopic (exact) mass is 1940 g/mol. The Morgan fingerprint density at radius 3 is 1.08 bits per heavy atom. The SMILES string of the molecule is CC1(C)c2ccccc2-c2ccc(N(c3ccc(-c4ccccc4)cc3)c3ccc4ccc5ccc6oc7ccccc7c6c5c4c3)cc21.c1ccc(-c2ccc(N(c3ccc4oc5ccccc5c4c3)c3ccc4ccc5ccc6oc7ccccc7c6c5c4c3)c(-c3ccccc3)c2)cc1.c1ccc2c(c1)oc1cc(N(c3ccc4ccc5ccc6oc7ccccc7c6c5c4c3)c3cccc4c3sc3ccccc34)ccc12. The highest BCUT2D eigenvalue weighted by Crippen LogP contribution is 2.55. The summed E-state index contributed by atoms with van der Waals surface area (Å²) in [6.45, 7) is 4.70. The molecule has 0 bridgehead atoms. The third-order valence-corrected chi connectivity index (χ3v) is 32.3. The number of furan rings is 5. The summed E-state index contributed by atoms with van der Waals surface area (Å²) in [6, 6.07) is 181. The van der Waals surface area contributed by atoms with E-state index < -0.39 is 0 Å². The van der Waals surface area contributed by atoms with Crippen molar-refractivity contribution in [3.8, 4) is 44.5 Å². The molecule has 8 nitrogen and oxygen atoms in total. The van der Waals surface area contributed by atoms with Gasteiger partial charge in [-0.2, -0.15) is 0 Å². The lowest BCUT2D eigenvalue weighted by molar-refractivity contribution is 0.660. The summed E-state index contributed by atoms with van der Waals surface area (Å²) in [6.07, 6.45) is 0.